The minimum absolute atomic E-state index is 0.159. The van der Waals surface area contributed by atoms with Crippen LogP contribution >= 0.6 is 0 Å². The Kier molecular flexibility index (Phi) is 3.84. The lowest BCUT2D eigenvalue weighted by Crippen LogP contribution is -2.28. The molecule has 4 nitrogen and oxygen atoms in total. The lowest BCUT2D eigenvalue weighted by Gasteiger charge is -2.24. The summed E-state index contributed by atoms with van der Waals surface area (Å²) in [5, 5.41) is 0. The predicted octanol–water partition coefficient (Wildman–Crippen LogP) is 2.22. The van der Waals surface area contributed by atoms with Gasteiger partial charge in [0.1, 0.15) is 5.82 Å². The molecule has 1 aliphatic heterocycles. The van der Waals surface area contributed by atoms with Gasteiger partial charge in [-0.3, -0.25) is 4.79 Å². The second-order valence-corrected chi connectivity index (χ2v) is 4.83. The lowest BCUT2D eigenvalue weighted by atomic mass is 10.1. The van der Waals surface area contributed by atoms with E-state index in [1.54, 1.807) is 6.92 Å². The van der Waals surface area contributed by atoms with Crippen molar-refractivity contribution < 1.29 is 4.79 Å². The fourth-order valence-corrected chi connectivity index (χ4v) is 2.47. The highest BCUT2D eigenvalue weighted by molar-refractivity contribution is 5.74. The third-order valence-electron chi connectivity index (χ3n) is 3.68. The Morgan fingerprint density at radius 3 is 2.89 bits per heavy atom. The molecule has 0 saturated carbocycles. The molecule has 0 unspecified atom stereocenters. The summed E-state index contributed by atoms with van der Waals surface area (Å²) in [6, 6.07) is 4.35. The topological polar surface area (TPSA) is 36.4 Å². The van der Waals surface area contributed by atoms with E-state index < -0.39 is 0 Å². The molecule has 1 amide bonds. The summed E-state index contributed by atoms with van der Waals surface area (Å²) in [6.45, 7) is 5.56. The number of likely N-dealkylation sites (tertiary alicyclic amines) is 1. The maximum absolute atomic E-state index is 11.5. The van der Waals surface area contributed by atoms with Crippen LogP contribution in [0.5, 0.6) is 0 Å². The summed E-state index contributed by atoms with van der Waals surface area (Å²) in [5.74, 6) is 1.14. The van der Waals surface area contributed by atoms with E-state index >= 15 is 0 Å². The second-order valence-electron chi connectivity index (χ2n) is 4.83. The van der Waals surface area contributed by atoms with Crippen molar-refractivity contribution in [3.05, 3.63) is 23.9 Å². The molecular weight excluding hydrogens is 226 g/mol. The quantitative estimate of drug-likeness (QED) is 0.821. The van der Waals surface area contributed by atoms with E-state index in [0.717, 1.165) is 37.3 Å². The Morgan fingerprint density at radius 1 is 1.56 bits per heavy atom. The van der Waals surface area contributed by atoms with Crippen molar-refractivity contribution in [1.82, 2.24) is 9.88 Å². The first-order valence-electron chi connectivity index (χ1n) is 6.57. The largest absolute Gasteiger partial charge is 0.360 e. The van der Waals surface area contributed by atoms with Crippen molar-refractivity contribution in [3.63, 3.8) is 0 Å². The molecule has 0 bridgehead atoms. The Hall–Kier alpha value is -1.58. The van der Waals surface area contributed by atoms with Gasteiger partial charge in [0.2, 0.25) is 5.91 Å². The third kappa shape index (κ3) is 2.47. The van der Waals surface area contributed by atoms with Crippen LogP contribution in [0.4, 0.5) is 5.82 Å². The highest BCUT2D eigenvalue weighted by Gasteiger charge is 2.27. The second kappa shape index (κ2) is 5.38. The highest BCUT2D eigenvalue weighted by Crippen LogP contribution is 2.31. The molecule has 1 fully saturated rings. The van der Waals surface area contributed by atoms with Crippen LogP contribution in [0.15, 0.2) is 18.3 Å². The fraction of sp³-hybridized carbons (Fsp3) is 0.571. The maximum atomic E-state index is 11.5. The molecule has 2 rings (SSSR count). The number of anilines is 1. The number of hydrogen-bond acceptors (Lipinski definition) is 3. The zero-order valence-corrected chi connectivity index (χ0v) is 11.4. The van der Waals surface area contributed by atoms with Gasteiger partial charge in [0.05, 0.1) is 6.04 Å². The minimum atomic E-state index is 0.159. The SMILES string of the molecule is CCN(C)c1ccc([C@@H]2CCCN2C(C)=O)cn1. The van der Waals surface area contributed by atoms with E-state index in [0.29, 0.717) is 0 Å². The number of pyridine rings is 1. The van der Waals surface area contributed by atoms with Gasteiger partial charge < -0.3 is 9.80 Å². The normalized spacial score (nSPS) is 19.1. The molecule has 1 atom stereocenters. The Labute approximate surface area is 109 Å². The number of amides is 1. The van der Waals surface area contributed by atoms with Crippen LogP contribution < -0.4 is 4.90 Å². The van der Waals surface area contributed by atoms with E-state index in [9.17, 15) is 4.79 Å². The van der Waals surface area contributed by atoms with Gasteiger partial charge in [0, 0.05) is 33.3 Å². The molecule has 1 saturated heterocycles. The van der Waals surface area contributed by atoms with Crippen molar-refractivity contribution in [2.75, 3.05) is 25.0 Å². The molecule has 18 heavy (non-hydrogen) atoms. The van der Waals surface area contributed by atoms with Crippen LogP contribution in [0.3, 0.4) is 0 Å². The summed E-state index contributed by atoms with van der Waals surface area (Å²) in [5.41, 5.74) is 1.15. The molecule has 0 aliphatic carbocycles. The van der Waals surface area contributed by atoms with Gasteiger partial charge in [-0.15, -0.1) is 0 Å². The molecule has 1 aromatic heterocycles. The van der Waals surface area contributed by atoms with Crippen LogP contribution in [0.25, 0.3) is 0 Å². The van der Waals surface area contributed by atoms with Crippen LogP contribution in [0, 0.1) is 0 Å². The molecule has 1 aliphatic rings. The van der Waals surface area contributed by atoms with Crippen molar-refractivity contribution in [3.8, 4) is 0 Å². The van der Waals surface area contributed by atoms with E-state index in [4.69, 9.17) is 0 Å². The Balaban J connectivity index is 2.16. The fourth-order valence-electron chi connectivity index (χ4n) is 2.47. The van der Waals surface area contributed by atoms with Crippen LogP contribution in [0.2, 0.25) is 0 Å². The minimum Gasteiger partial charge on any atom is -0.360 e. The molecule has 0 N–H and O–H groups in total. The average Bonchev–Trinajstić information content (AvgIpc) is 2.87. The third-order valence-corrected chi connectivity index (χ3v) is 3.68. The van der Waals surface area contributed by atoms with Crippen molar-refractivity contribution in [2.45, 2.75) is 32.7 Å². The van der Waals surface area contributed by atoms with Gasteiger partial charge in [0.15, 0.2) is 0 Å². The zero-order chi connectivity index (χ0) is 13.1. The molecule has 0 spiro atoms. The van der Waals surface area contributed by atoms with E-state index in [-0.39, 0.29) is 11.9 Å². The monoisotopic (exact) mass is 247 g/mol. The summed E-state index contributed by atoms with van der Waals surface area (Å²) in [7, 11) is 2.03. The van der Waals surface area contributed by atoms with Crippen molar-refractivity contribution in [1.29, 1.82) is 0 Å². The number of carbonyl (C=O) groups is 1. The smallest absolute Gasteiger partial charge is 0.219 e. The first kappa shape index (κ1) is 12.9. The molecule has 0 aromatic carbocycles. The van der Waals surface area contributed by atoms with Gasteiger partial charge in [-0.25, -0.2) is 4.98 Å². The first-order valence-corrected chi connectivity index (χ1v) is 6.57. The number of carbonyl (C=O) groups excluding carboxylic acids is 1. The molecule has 2 heterocycles. The number of hydrogen-bond donors (Lipinski definition) is 0. The van der Waals surface area contributed by atoms with Gasteiger partial charge in [-0.1, -0.05) is 6.07 Å². The first-order chi connectivity index (χ1) is 8.63. The lowest BCUT2D eigenvalue weighted by molar-refractivity contribution is -0.129. The van der Waals surface area contributed by atoms with E-state index in [1.165, 1.54) is 0 Å². The highest BCUT2D eigenvalue weighted by atomic mass is 16.2. The zero-order valence-electron chi connectivity index (χ0n) is 11.4. The number of rotatable bonds is 3. The maximum Gasteiger partial charge on any atom is 0.219 e. The summed E-state index contributed by atoms with van der Waals surface area (Å²) in [4.78, 5) is 20.1. The standard InChI is InChI=1S/C14H21N3O/c1-4-16(3)14-8-7-12(10-15-14)13-6-5-9-17(13)11(2)18/h7-8,10,13H,4-6,9H2,1-3H3/t13-/m0/s1. The number of aromatic nitrogens is 1. The molecule has 0 radical (unpaired) electrons. The van der Waals surface area contributed by atoms with Crippen LogP contribution in [0.1, 0.15) is 38.3 Å². The van der Waals surface area contributed by atoms with Crippen LogP contribution in [-0.4, -0.2) is 35.9 Å². The van der Waals surface area contributed by atoms with Crippen LogP contribution in [-0.2, 0) is 4.79 Å². The van der Waals surface area contributed by atoms with Gasteiger partial charge in [-0.05, 0) is 31.4 Å². The predicted molar refractivity (Wildman–Crippen MR) is 72.5 cm³/mol. The summed E-state index contributed by atoms with van der Waals surface area (Å²) < 4.78 is 0. The summed E-state index contributed by atoms with van der Waals surface area (Å²) >= 11 is 0. The molecule has 1 aromatic rings. The molecule has 4 heteroatoms. The van der Waals surface area contributed by atoms with E-state index in [1.807, 2.05) is 24.2 Å². The molecule has 98 valence electrons. The average molecular weight is 247 g/mol. The Bertz CT molecular complexity index is 416. The number of nitrogens with zero attached hydrogens (tertiary/aromatic N) is 3. The van der Waals surface area contributed by atoms with Gasteiger partial charge in [-0.2, -0.15) is 0 Å². The summed E-state index contributed by atoms with van der Waals surface area (Å²) in [6.07, 6.45) is 4.04. The van der Waals surface area contributed by atoms with Gasteiger partial charge in [0.25, 0.3) is 0 Å². The molecular formula is C14H21N3O. The van der Waals surface area contributed by atoms with Crippen molar-refractivity contribution in [2.24, 2.45) is 0 Å². The Morgan fingerprint density at radius 2 is 2.33 bits per heavy atom. The van der Waals surface area contributed by atoms with E-state index in [2.05, 4.69) is 22.9 Å². The van der Waals surface area contributed by atoms with Gasteiger partial charge >= 0.3 is 0 Å². The van der Waals surface area contributed by atoms with Crippen molar-refractivity contribution >= 4 is 11.7 Å².